The van der Waals surface area contributed by atoms with Crippen LogP contribution in [-0.2, 0) is 22.6 Å². The fourth-order valence-electron chi connectivity index (χ4n) is 3.33. The van der Waals surface area contributed by atoms with E-state index < -0.39 is 0 Å². The van der Waals surface area contributed by atoms with Crippen LogP contribution >= 0.6 is 11.3 Å². The lowest BCUT2D eigenvalue weighted by Crippen LogP contribution is -2.32. The SMILES string of the molecule is c1ccc(CO[C@@H]2CN(Cc3nccs3)[C@@H]3COC[C@@H]32)nc1. The third-order valence-corrected chi connectivity index (χ3v) is 5.21. The molecule has 0 unspecified atom stereocenters. The lowest BCUT2D eigenvalue weighted by atomic mass is 10.0. The molecule has 3 atom stereocenters. The lowest BCUT2D eigenvalue weighted by molar-refractivity contribution is 0.00740. The minimum Gasteiger partial charge on any atom is -0.379 e. The Labute approximate surface area is 133 Å². The molecule has 2 aliphatic rings. The van der Waals surface area contributed by atoms with E-state index in [9.17, 15) is 0 Å². The van der Waals surface area contributed by atoms with Gasteiger partial charge in [-0.15, -0.1) is 11.3 Å². The number of aromatic nitrogens is 2. The average Bonchev–Trinajstić information content (AvgIpc) is 3.26. The average molecular weight is 317 g/mol. The van der Waals surface area contributed by atoms with Crippen molar-refractivity contribution in [1.29, 1.82) is 0 Å². The maximum Gasteiger partial charge on any atom is 0.107 e. The van der Waals surface area contributed by atoms with Crippen molar-refractivity contribution in [2.75, 3.05) is 19.8 Å². The summed E-state index contributed by atoms with van der Waals surface area (Å²) in [7, 11) is 0. The van der Waals surface area contributed by atoms with Crippen LogP contribution in [0.5, 0.6) is 0 Å². The van der Waals surface area contributed by atoms with E-state index in [2.05, 4.69) is 14.9 Å². The molecule has 22 heavy (non-hydrogen) atoms. The molecule has 5 nitrogen and oxygen atoms in total. The number of likely N-dealkylation sites (tertiary alicyclic amines) is 1. The number of thiazole rings is 1. The molecule has 0 radical (unpaired) electrons. The summed E-state index contributed by atoms with van der Waals surface area (Å²) >= 11 is 1.71. The van der Waals surface area contributed by atoms with Crippen LogP contribution in [0.15, 0.2) is 36.0 Å². The largest absolute Gasteiger partial charge is 0.379 e. The van der Waals surface area contributed by atoms with E-state index in [4.69, 9.17) is 9.47 Å². The highest BCUT2D eigenvalue weighted by Crippen LogP contribution is 2.33. The molecule has 2 aromatic rings. The standard InChI is InChI=1S/C16H19N3O2S/c1-2-4-17-12(3-1)9-21-15-7-19(8-16-18-5-6-22-16)14-11-20-10-13(14)15/h1-6,13-15H,7-11H2/t13-,14+,15+/m0/s1. The van der Waals surface area contributed by atoms with Crippen molar-refractivity contribution in [2.45, 2.75) is 25.3 Å². The molecule has 2 aromatic heterocycles. The Morgan fingerprint density at radius 3 is 3.09 bits per heavy atom. The van der Waals surface area contributed by atoms with Crippen LogP contribution in [0.25, 0.3) is 0 Å². The molecule has 0 aliphatic carbocycles. The highest BCUT2D eigenvalue weighted by atomic mass is 32.1. The van der Waals surface area contributed by atoms with E-state index in [-0.39, 0.29) is 6.10 Å². The quantitative estimate of drug-likeness (QED) is 0.843. The van der Waals surface area contributed by atoms with Gasteiger partial charge in [0, 0.05) is 36.3 Å². The molecule has 0 aromatic carbocycles. The van der Waals surface area contributed by atoms with E-state index in [1.807, 2.05) is 36.0 Å². The Bertz CT molecular complexity index is 593. The first kappa shape index (κ1) is 14.3. The van der Waals surface area contributed by atoms with E-state index in [0.29, 0.717) is 18.6 Å². The van der Waals surface area contributed by atoms with Crippen molar-refractivity contribution >= 4 is 11.3 Å². The zero-order valence-corrected chi connectivity index (χ0v) is 13.1. The molecule has 2 aliphatic heterocycles. The molecule has 0 N–H and O–H groups in total. The Kier molecular flexibility index (Phi) is 4.16. The van der Waals surface area contributed by atoms with Crippen molar-refractivity contribution in [3.05, 3.63) is 46.7 Å². The summed E-state index contributed by atoms with van der Waals surface area (Å²) in [5, 5.41) is 3.19. The maximum absolute atomic E-state index is 6.15. The highest BCUT2D eigenvalue weighted by Gasteiger charge is 2.46. The first-order chi connectivity index (χ1) is 10.9. The van der Waals surface area contributed by atoms with Gasteiger partial charge in [-0.1, -0.05) is 6.07 Å². The predicted octanol–water partition coefficient (Wildman–Crippen LogP) is 1.95. The predicted molar refractivity (Wildman–Crippen MR) is 83.4 cm³/mol. The van der Waals surface area contributed by atoms with Crippen molar-refractivity contribution in [3.8, 4) is 0 Å². The van der Waals surface area contributed by atoms with Gasteiger partial charge in [0.2, 0.25) is 0 Å². The van der Waals surface area contributed by atoms with Gasteiger partial charge in [0.15, 0.2) is 0 Å². The molecule has 4 rings (SSSR count). The first-order valence-electron chi connectivity index (χ1n) is 7.62. The van der Waals surface area contributed by atoms with E-state index in [0.717, 1.165) is 37.0 Å². The molecule has 2 saturated heterocycles. The van der Waals surface area contributed by atoms with Gasteiger partial charge in [-0.25, -0.2) is 4.98 Å². The summed E-state index contributed by atoms with van der Waals surface area (Å²) in [6.45, 7) is 4.02. The monoisotopic (exact) mass is 317 g/mol. The fraction of sp³-hybridized carbons (Fsp3) is 0.500. The van der Waals surface area contributed by atoms with Gasteiger partial charge in [0.1, 0.15) is 5.01 Å². The summed E-state index contributed by atoms with van der Waals surface area (Å²) in [6, 6.07) is 6.38. The Morgan fingerprint density at radius 2 is 2.27 bits per heavy atom. The van der Waals surface area contributed by atoms with Crippen LogP contribution in [0.1, 0.15) is 10.7 Å². The van der Waals surface area contributed by atoms with Gasteiger partial charge in [-0.05, 0) is 12.1 Å². The van der Waals surface area contributed by atoms with Crippen LogP contribution in [0.4, 0.5) is 0 Å². The molecule has 0 saturated carbocycles. The Hall–Kier alpha value is -1.34. The number of ether oxygens (including phenoxy) is 2. The van der Waals surface area contributed by atoms with Gasteiger partial charge >= 0.3 is 0 Å². The number of hydrogen-bond acceptors (Lipinski definition) is 6. The summed E-state index contributed by atoms with van der Waals surface area (Å²) in [6.07, 6.45) is 3.90. The molecule has 116 valence electrons. The first-order valence-corrected chi connectivity index (χ1v) is 8.50. The Morgan fingerprint density at radius 1 is 1.27 bits per heavy atom. The topological polar surface area (TPSA) is 47.5 Å². The molecular formula is C16H19N3O2S. The lowest BCUT2D eigenvalue weighted by Gasteiger charge is -2.20. The normalized spacial score (nSPS) is 28.1. The summed E-state index contributed by atoms with van der Waals surface area (Å²) in [5.41, 5.74) is 0.983. The second-order valence-corrected chi connectivity index (χ2v) is 6.77. The molecule has 0 spiro atoms. The van der Waals surface area contributed by atoms with Crippen molar-refractivity contribution < 1.29 is 9.47 Å². The van der Waals surface area contributed by atoms with Crippen molar-refractivity contribution in [1.82, 2.24) is 14.9 Å². The molecule has 0 amide bonds. The van der Waals surface area contributed by atoms with Gasteiger partial charge in [0.25, 0.3) is 0 Å². The highest BCUT2D eigenvalue weighted by molar-refractivity contribution is 7.09. The van der Waals surface area contributed by atoms with Crippen molar-refractivity contribution in [2.24, 2.45) is 5.92 Å². The number of pyridine rings is 1. The van der Waals surface area contributed by atoms with Crippen LogP contribution < -0.4 is 0 Å². The Balaban J connectivity index is 1.40. The van der Waals surface area contributed by atoms with Crippen LogP contribution in [0.2, 0.25) is 0 Å². The van der Waals surface area contributed by atoms with Crippen LogP contribution in [-0.4, -0.2) is 46.8 Å². The second-order valence-electron chi connectivity index (χ2n) is 5.79. The van der Waals surface area contributed by atoms with E-state index in [1.165, 1.54) is 0 Å². The zero-order valence-electron chi connectivity index (χ0n) is 12.3. The van der Waals surface area contributed by atoms with E-state index in [1.54, 1.807) is 11.3 Å². The molecule has 2 fully saturated rings. The number of hydrogen-bond donors (Lipinski definition) is 0. The summed E-state index contributed by atoms with van der Waals surface area (Å²) in [4.78, 5) is 11.2. The molecule has 4 heterocycles. The summed E-state index contributed by atoms with van der Waals surface area (Å²) in [5.74, 6) is 0.462. The summed E-state index contributed by atoms with van der Waals surface area (Å²) < 4.78 is 11.8. The van der Waals surface area contributed by atoms with Gasteiger partial charge in [-0.3, -0.25) is 9.88 Å². The van der Waals surface area contributed by atoms with Gasteiger partial charge in [0.05, 0.1) is 38.2 Å². The minimum absolute atomic E-state index is 0.217. The van der Waals surface area contributed by atoms with Gasteiger partial charge < -0.3 is 9.47 Å². The van der Waals surface area contributed by atoms with Crippen LogP contribution in [0.3, 0.4) is 0 Å². The second kappa shape index (κ2) is 6.42. The molecular weight excluding hydrogens is 298 g/mol. The molecule has 6 heteroatoms. The van der Waals surface area contributed by atoms with E-state index >= 15 is 0 Å². The zero-order chi connectivity index (χ0) is 14.8. The number of nitrogens with zero attached hydrogens (tertiary/aromatic N) is 3. The smallest absolute Gasteiger partial charge is 0.107 e. The third-order valence-electron chi connectivity index (χ3n) is 4.45. The maximum atomic E-state index is 6.15. The van der Waals surface area contributed by atoms with Crippen LogP contribution in [0, 0.1) is 5.92 Å². The minimum atomic E-state index is 0.217. The number of rotatable bonds is 5. The fourth-order valence-corrected chi connectivity index (χ4v) is 3.97. The van der Waals surface area contributed by atoms with Crippen molar-refractivity contribution in [3.63, 3.8) is 0 Å². The molecule has 0 bridgehead atoms. The van der Waals surface area contributed by atoms with Gasteiger partial charge in [-0.2, -0.15) is 0 Å². The third kappa shape index (κ3) is 2.92. The number of fused-ring (bicyclic) bond motifs is 1.